The summed E-state index contributed by atoms with van der Waals surface area (Å²) >= 11 is 12.2. The van der Waals surface area contributed by atoms with Crippen LogP contribution < -0.4 is 19.1 Å². The van der Waals surface area contributed by atoms with Gasteiger partial charge in [-0.05, 0) is 62.4 Å². The predicted octanol–water partition coefficient (Wildman–Crippen LogP) is 5.39. The zero-order chi connectivity index (χ0) is 25.8. The number of sulfonamides is 1. The van der Waals surface area contributed by atoms with Crippen molar-refractivity contribution in [1.82, 2.24) is 5.32 Å². The summed E-state index contributed by atoms with van der Waals surface area (Å²) in [6.45, 7) is 3.15. The fourth-order valence-corrected chi connectivity index (χ4v) is 5.17. The van der Waals surface area contributed by atoms with E-state index in [1.165, 1.54) is 37.4 Å². The van der Waals surface area contributed by atoms with Gasteiger partial charge < -0.3 is 14.8 Å². The first-order valence-electron chi connectivity index (χ1n) is 10.6. The average Bonchev–Trinajstić information content (AvgIpc) is 2.84. The van der Waals surface area contributed by atoms with Crippen molar-refractivity contribution in [1.29, 1.82) is 0 Å². The van der Waals surface area contributed by atoms with E-state index in [0.29, 0.717) is 17.1 Å². The molecule has 0 aromatic heterocycles. The van der Waals surface area contributed by atoms with Gasteiger partial charge in [-0.15, -0.1) is 0 Å². The van der Waals surface area contributed by atoms with E-state index < -0.39 is 28.5 Å². The first-order chi connectivity index (χ1) is 16.6. The van der Waals surface area contributed by atoms with Crippen LogP contribution in [0.5, 0.6) is 11.5 Å². The van der Waals surface area contributed by atoms with Gasteiger partial charge in [0.2, 0.25) is 5.91 Å². The van der Waals surface area contributed by atoms with E-state index in [0.717, 1.165) is 9.87 Å². The lowest BCUT2D eigenvalue weighted by Crippen LogP contribution is -2.41. The highest BCUT2D eigenvalue weighted by molar-refractivity contribution is 7.92. The minimum absolute atomic E-state index is 0.0458. The van der Waals surface area contributed by atoms with Gasteiger partial charge in [0.05, 0.1) is 40.9 Å². The summed E-state index contributed by atoms with van der Waals surface area (Å²) in [4.78, 5) is 13.1. The van der Waals surface area contributed by atoms with Gasteiger partial charge in [-0.3, -0.25) is 9.10 Å². The fourth-order valence-electron chi connectivity index (χ4n) is 3.47. The molecule has 0 saturated heterocycles. The summed E-state index contributed by atoms with van der Waals surface area (Å²) in [5.74, 6) is 0.637. The number of ether oxygens (including phenoxy) is 2. The molecule has 0 aliphatic heterocycles. The van der Waals surface area contributed by atoms with E-state index in [-0.39, 0.29) is 20.6 Å². The van der Waals surface area contributed by atoms with Crippen LogP contribution in [0.2, 0.25) is 10.0 Å². The second kappa shape index (κ2) is 11.2. The van der Waals surface area contributed by atoms with Gasteiger partial charge in [-0.2, -0.15) is 0 Å². The monoisotopic (exact) mass is 536 g/mol. The number of carbonyl (C=O) groups excluding carboxylic acids is 1. The second-order valence-electron chi connectivity index (χ2n) is 7.82. The molecule has 0 aliphatic carbocycles. The molecule has 186 valence electrons. The number of aryl methyl sites for hydroxylation is 1. The molecule has 0 fully saturated rings. The summed E-state index contributed by atoms with van der Waals surface area (Å²) in [7, 11) is -1.02. The van der Waals surface area contributed by atoms with Gasteiger partial charge in [-0.1, -0.05) is 40.9 Å². The second-order valence-corrected chi connectivity index (χ2v) is 10.5. The van der Waals surface area contributed by atoms with Gasteiger partial charge in [0.25, 0.3) is 10.0 Å². The largest absolute Gasteiger partial charge is 0.497 e. The van der Waals surface area contributed by atoms with Crippen molar-refractivity contribution in [3.05, 3.63) is 81.8 Å². The minimum Gasteiger partial charge on any atom is -0.497 e. The van der Waals surface area contributed by atoms with Crippen LogP contribution in [-0.2, 0) is 14.8 Å². The zero-order valence-corrected chi connectivity index (χ0v) is 22.0. The quantitative estimate of drug-likeness (QED) is 0.396. The fraction of sp³-hybridized carbons (Fsp3) is 0.240. The van der Waals surface area contributed by atoms with Crippen LogP contribution >= 0.6 is 23.2 Å². The highest BCUT2D eigenvalue weighted by atomic mass is 35.5. The molecule has 0 spiro atoms. The number of halogens is 2. The molecule has 1 N–H and O–H groups in total. The van der Waals surface area contributed by atoms with Crippen LogP contribution in [0.15, 0.2) is 65.6 Å². The Morgan fingerprint density at radius 3 is 2.26 bits per heavy atom. The number of carbonyl (C=O) groups is 1. The van der Waals surface area contributed by atoms with Gasteiger partial charge in [0.15, 0.2) is 0 Å². The Labute approximate surface area is 215 Å². The Balaban J connectivity index is 1.94. The smallest absolute Gasteiger partial charge is 0.264 e. The third-order valence-electron chi connectivity index (χ3n) is 5.37. The lowest BCUT2D eigenvalue weighted by Gasteiger charge is -2.26. The van der Waals surface area contributed by atoms with Crippen molar-refractivity contribution >= 4 is 44.8 Å². The highest BCUT2D eigenvalue weighted by Gasteiger charge is 2.28. The molecular weight excluding hydrogens is 511 g/mol. The Bertz CT molecular complexity index is 1310. The molecule has 0 heterocycles. The van der Waals surface area contributed by atoms with Crippen LogP contribution in [0.4, 0.5) is 5.69 Å². The number of rotatable bonds is 9. The first-order valence-corrected chi connectivity index (χ1v) is 12.8. The van der Waals surface area contributed by atoms with E-state index in [4.69, 9.17) is 32.7 Å². The summed E-state index contributed by atoms with van der Waals surface area (Å²) < 4.78 is 38.8. The molecule has 3 rings (SSSR count). The van der Waals surface area contributed by atoms with Gasteiger partial charge >= 0.3 is 0 Å². The van der Waals surface area contributed by atoms with Crippen LogP contribution in [0.25, 0.3) is 0 Å². The first kappa shape index (κ1) is 26.7. The molecule has 3 aromatic carbocycles. The molecule has 35 heavy (non-hydrogen) atoms. The van der Waals surface area contributed by atoms with Crippen LogP contribution in [0, 0.1) is 6.92 Å². The Morgan fingerprint density at radius 1 is 0.971 bits per heavy atom. The number of hydrogen-bond acceptors (Lipinski definition) is 5. The number of nitrogens with one attached hydrogen (secondary N) is 1. The highest BCUT2D eigenvalue weighted by Crippen LogP contribution is 2.32. The van der Waals surface area contributed by atoms with E-state index in [2.05, 4.69) is 5.32 Å². The summed E-state index contributed by atoms with van der Waals surface area (Å²) in [5.41, 5.74) is 1.80. The molecule has 3 aromatic rings. The number of anilines is 1. The molecule has 1 amide bonds. The van der Waals surface area contributed by atoms with E-state index in [9.17, 15) is 13.2 Å². The molecule has 1 atom stereocenters. The van der Waals surface area contributed by atoms with Gasteiger partial charge in [0, 0.05) is 5.56 Å². The molecule has 0 bridgehead atoms. The molecule has 0 saturated carbocycles. The Morgan fingerprint density at radius 2 is 1.66 bits per heavy atom. The number of hydrogen-bond donors (Lipinski definition) is 1. The number of nitrogens with zero attached hydrogens (tertiary/aromatic N) is 1. The zero-order valence-electron chi connectivity index (χ0n) is 19.7. The van der Waals surface area contributed by atoms with Gasteiger partial charge in [-0.25, -0.2) is 8.42 Å². The maximum absolute atomic E-state index is 13.5. The normalized spacial score (nSPS) is 12.1. The number of methoxy groups -OCH3 is 2. The molecule has 0 aliphatic rings. The number of benzene rings is 3. The van der Waals surface area contributed by atoms with Crippen LogP contribution in [-0.4, -0.2) is 35.1 Å². The third-order valence-corrected chi connectivity index (χ3v) is 7.90. The average molecular weight is 537 g/mol. The van der Waals surface area contributed by atoms with Crippen LogP contribution in [0.1, 0.15) is 24.1 Å². The van der Waals surface area contributed by atoms with Crippen molar-refractivity contribution in [2.45, 2.75) is 24.8 Å². The SMILES string of the molecule is COc1ccc(OC)c([C@@H](C)NC(=O)CN(c2ccc(Cl)c(Cl)c2)S(=O)(=O)c2ccc(C)cc2)c1. The molecule has 0 unspecified atom stereocenters. The Hall–Kier alpha value is -2.94. The summed E-state index contributed by atoms with van der Waals surface area (Å²) in [5, 5.41) is 3.28. The van der Waals surface area contributed by atoms with Crippen molar-refractivity contribution in [3.8, 4) is 11.5 Å². The van der Waals surface area contributed by atoms with E-state index in [1.54, 1.807) is 44.4 Å². The standard InChI is InChI=1S/C25H26Cl2N2O5S/c1-16-5-9-20(10-6-16)35(31,32)29(18-7-11-22(26)23(27)13-18)15-25(30)28-17(2)21-14-19(33-3)8-12-24(21)34-4/h5-14,17H,15H2,1-4H3,(H,28,30)/t17-/m1/s1. The topological polar surface area (TPSA) is 84.9 Å². The van der Waals surface area contributed by atoms with Crippen molar-refractivity contribution in [3.63, 3.8) is 0 Å². The molecule has 0 radical (unpaired) electrons. The van der Waals surface area contributed by atoms with Crippen molar-refractivity contribution in [2.24, 2.45) is 0 Å². The van der Waals surface area contributed by atoms with Crippen molar-refractivity contribution in [2.75, 3.05) is 25.1 Å². The Kier molecular flexibility index (Phi) is 8.53. The third kappa shape index (κ3) is 6.20. The summed E-state index contributed by atoms with van der Waals surface area (Å²) in [6, 6.07) is 15.5. The molecule has 10 heteroatoms. The number of amides is 1. The van der Waals surface area contributed by atoms with Crippen LogP contribution in [0.3, 0.4) is 0 Å². The lowest BCUT2D eigenvalue weighted by atomic mass is 10.1. The predicted molar refractivity (Wildman–Crippen MR) is 138 cm³/mol. The molecular formula is C25H26Cl2N2O5S. The maximum atomic E-state index is 13.5. The minimum atomic E-state index is -4.09. The lowest BCUT2D eigenvalue weighted by molar-refractivity contribution is -0.120. The maximum Gasteiger partial charge on any atom is 0.264 e. The van der Waals surface area contributed by atoms with Crippen molar-refractivity contribution < 1.29 is 22.7 Å². The molecule has 7 nitrogen and oxygen atoms in total. The van der Waals surface area contributed by atoms with Gasteiger partial charge in [0.1, 0.15) is 18.0 Å². The van der Waals surface area contributed by atoms with E-state index in [1.807, 2.05) is 6.92 Å². The summed E-state index contributed by atoms with van der Waals surface area (Å²) in [6.07, 6.45) is 0. The van der Waals surface area contributed by atoms with E-state index >= 15 is 0 Å².